The molecule has 1 aromatic carbocycles. The molecule has 0 aliphatic carbocycles. The summed E-state index contributed by atoms with van der Waals surface area (Å²) < 4.78 is 0. The molecule has 1 heterocycles. The number of aryl methyl sites for hydroxylation is 1. The van der Waals surface area contributed by atoms with E-state index in [2.05, 4.69) is 36.1 Å². The Balaban J connectivity index is 1.88. The van der Waals surface area contributed by atoms with E-state index in [4.69, 9.17) is 5.73 Å². The van der Waals surface area contributed by atoms with Crippen molar-refractivity contribution < 1.29 is 0 Å². The van der Waals surface area contributed by atoms with E-state index in [1.54, 1.807) is 0 Å². The quantitative estimate of drug-likeness (QED) is 0.842. The van der Waals surface area contributed by atoms with Gasteiger partial charge in [-0.05, 0) is 43.5 Å². The first-order valence-electron chi connectivity index (χ1n) is 6.33. The zero-order chi connectivity index (χ0) is 11.4. The van der Waals surface area contributed by atoms with Gasteiger partial charge in [0.15, 0.2) is 0 Å². The molecule has 2 rings (SSSR count). The van der Waals surface area contributed by atoms with Crippen LogP contribution in [0.25, 0.3) is 0 Å². The summed E-state index contributed by atoms with van der Waals surface area (Å²) in [6.45, 7) is 5.57. The van der Waals surface area contributed by atoms with Crippen LogP contribution in [0.4, 0.5) is 0 Å². The van der Waals surface area contributed by atoms with Gasteiger partial charge < -0.3 is 5.73 Å². The monoisotopic (exact) mass is 218 g/mol. The Morgan fingerprint density at radius 3 is 2.25 bits per heavy atom. The first kappa shape index (κ1) is 11.6. The van der Waals surface area contributed by atoms with Gasteiger partial charge in [-0.25, -0.2) is 0 Å². The van der Waals surface area contributed by atoms with Crippen LogP contribution in [0, 0.1) is 0 Å². The molecule has 2 nitrogen and oxygen atoms in total. The third-order valence-electron chi connectivity index (χ3n) is 3.47. The third-order valence-corrected chi connectivity index (χ3v) is 3.47. The topological polar surface area (TPSA) is 29.3 Å². The van der Waals surface area contributed by atoms with Crippen molar-refractivity contribution in [3.8, 4) is 0 Å². The Bertz CT molecular complexity index is 310. The summed E-state index contributed by atoms with van der Waals surface area (Å²) in [6.07, 6.45) is 3.42. The van der Waals surface area contributed by atoms with Crippen LogP contribution >= 0.6 is 0 Å². The lowest BCUT2D eigenvalue weighted by Gasteiger charge is -2.30. The van der Waals surface area contributed by atoms with Gasteiger partial charge in [0.05, 0.1) is 0 Å². The molecule has 0 spiro atoms. The fraction of sp³-hybridized carbons (Fsp3) is 0.571. The predicted octanol–water partition coefficient (Wildman–Crippen LogP) is 2.17. The maximum Gasteiger partial charge on any atom is 0.0233 e. The largest absolute Gasteiger partial charge is 0.328 e. The number of hydrogen-bond acceptors (Lipinski definition) is 2. The third kappa shape index (κ3) is 3.06. The highest BCUT2D eigenvalue weighted by Gasteiger charge is 2.15. The standard InChI is InChI=1S/C14H22N2/c1-2-12-3-5-13(6-4-12)11-16-9-7-14(15)8-10-16/h3-6,14H,2,7-11,15H2,1H3. The Labute approximate surface area is 98.4 Å². The summed E-state index contributed by atoms with van der Waals surface area (Å²) in [5.74, 6) is 0. The van der Waals surface area contributed by atoms with Crippen LogP contribution < -0.4 is 5.73 Å². The van der Waals surface area contributed by atoms with Gasteiger partial charge in [-0.3, -0.25) is 4.90 Å². The molecule has 0 atom stereocenters. The van der Waals surface area contributed by atoms with E-state index in [1.807, 2.05) is 0 Å². The molecule has 2 heteroatoms. The lowest BCUT2D eigenvalue weighted by Crippen LogP contribution is -2.39. The van der Waals surface area contributed by atoms with Crippen molar-refractivity contribution in [2.45, 2.75) is 38.8 Å². The van der Waals surface area contributed by atoms with E-state index in [0.717, 1.165) is 38.9 Å². The SMILES string of the molecule is CCc1ccc(CN2CCC(N)CC2)cc1. The van der Waals surface area contributed by atoms with Gasteiger partial charge >= 0.3 is 0 Å². The van der Waals surface area contributed by atoms with E-state index in [1.165, 1.54) is 11.1 Å². The zero-order valence-electron chi connectivity index (χ0n) is 10.2. The highest BCUT2D eigenvalue weighted by molar-refractivity contribution is 5.22. The summed E-state index contributed by atoms with van der Waals surface area (Å²) in [6, 6.07) is 9.43. The van der Waals surface area contributed by atoms with Gasteiger partial charge in [-0.15, -0.1) is 0 Å². The molecule has 0 unspecified atom stereocenters. The molecular weight excluding hydrogens is 196 g/mol. The molecule has 88 valence electrons. The Kier molecular flexibility index (Phi) is 3.97. The fourth-order valence-electron chi connectivity index (χ4n) is 2.25. The minimum Gasteiger partial charge on any atom is -0.328 e. The van der Waals surface area contributed by atoms with Crippen molar-refractivity contribution in [3.05, 3.63) is 35.4 Å². The van der Waals surface area contributed by atoms with Crippen LogP contribution in [-0.4, -0.2) is 24.0 Å². The van der Waals surface area contributed by atoms with Crippen molar-refractivity contribution in [2.24, 2.45) is 5.73 Å². The number of hydrogen-bond donors (Lipinski definition) is 1. The second-order valence-electron chi connectivity index (χ2n) is 4.78. The average molecular weight is 218 g/mol. The molecule has 1 aliphatic rings. The van der Waals surface area contributed by atoms with Gasteiger partial charge in [-0.2, -0.15) is 0 Å². The lowest BCUT2D eigenvalue weighted by molar-refractivity contribution is 0.205. The second-order valence-corrected chi connectivity index (χ2v) is 4.78. The van der Waals surface area contributed by atoms with Crippen molar-refractivity contribution in [1.82, 2.24) is 4.90 Å². The molecule has 16 heavy (non-hydrogen) atoms. The maximum atomic E-state index is 5.90. The van der Waals surface area contributed by atoms with Crippen molar-refractivity contribution in [2.75, 3.05) is 13.1 Å². The molecule has 1 aliphatic heterocycles. The first-order chi connectivity index (χ1) is 7.78. The van der Waals surface area contributed by atoms with Crippen molar-refractivity contribution in [1.29, 1.82) is 0 Å². The molecule has 0 radical (unpaired) electrons. The second kappa shape index (κ2) is 5.46. The van der Waals surface area contributed by atoms with Gasteiger partial charge in [0.2, 0.25) is 0 Å². The first-order valence-corrected chi connectivity index (χ1v) is 6.33. The van der Waals surface area contributed by atoms with Crippen molar-refractivity contribution in [3.63, 3.8) is 0 Å². The van der Waals surface area contributed by atoms with E-state index >= 15 is 0 Å². The number of nitrogens with two attached hydrogens (primary N) is 1. The predicted molar refractivity (Wildman–Crippen MR) is 68.3 cm³/mol. The molecular formula is C14H22N2. The van der Waals surface area contributed by atoms with Gasteiger partial charge in [0.1, 0.15) is 0 Å². The number of likely N-dealkylation sites (tertiary alicyclic amines) is 1. The smallest absolute Gasteiger partial charge is 0.0233 e. The Morgan fingerprint density at radius 1 is 1.12 bits per heavy atom. The fourth-order valence-corrected chi connectivity index (χ4v) is 2.25. The van der Waals surface area contributed by atoms with Crippen LogP contribution in [-0.2, 0) is 13.0 Å². The molecule has 0 amide bonds. The van der Waals surface area contributed by atoms with Crippen LogP contribution in [0.2, 0.25) is 0 Å². The summed E-state index contributed by atoms with van der Waals surface area (Å²) in [5, 5.41) is 0. The van der Waals surface area contributed by atoms with Gasteiger partial charge in [0, 0.05) is 12.6 Å². The maximum absolute atomic E-state index is 5.90. The van der Waals surface area contributed by atoms with Crippen LogP contribution in [0.15, 0.2) is 24.3 Å². The van der Waals surface area contributed by atoms with Crippen LogP contribution in [0.3, 0.4) is 0 Å². The van der Waals surface area contributed by atoms with E-state index in [0.29, 0.717) is 6.04 Å². The lowest BCUT2D eigenvalue weighted by atomic mass is 10.0. The molecule has 2 N–H and O–H groups in total. The zero-order valence-corrected chi connectivity index (χ0v) is 10.2. The van der Waals surface area contributed by atoms with Crippen molar-refractivity contribution >= 4 is 0 Å². The normalized spacial score (nSPS) is 18.9. The Hall–Kier alpha value is -0.860. The minimum atomic E-state index is 0.429. The molecule has 1 fully saturated rings. The molecule has 0 bridgehead atoms. The summed E-state index contributed by atoms with van der Waals surface area (Å²) >= 11 is 0. The summed E-state index contributed by atoms with van der Waals surface area (Å²) in [5.41, 5.74) is 8.75. The number of rotatable bonds is 3. The number of nitrogens with zero attached hydrogens (tertiary/aromatic N) is 1. The molecule has 0 saturated carbocycles. The van der Waals surface area contributed by atoms with Crippen LogP contribution in [0.1, 0.15) is 30.9 Å². The number of benzene rings is 1. The van der Waals surface area contributed by atoms with Gasteiger partial charge in [-0.1, -0.05) is 31.2 Å². The van der Waals surface area contributed by atoms with Gasteiger partial charge in [0.25, 0.3) is 0 Å². The molecule has 1 aromatic rings. The minimum absolute atomic E-state index is 0.429. The van der Waals surface area contributed by atoms with E-state index in [9.17, 15) is 0 Å². The summed E-state index contributed by atoms with van der Waals surface area (Å²) in [4.78, 5) is 2.50. The Morgan fingerprint density at radius 2 is 1.69 bits per heavy atom. The summed E-state index contributed by atoms with van der Waals surface area (Å²) in [7, 11) is 0. The van der Waals surface area contributed by atoms with E-state index < -0.39 is 0 Å². The van der Waals surface area contributed by atoms with E-state index in [-0.39, 0.29) is 0 Å². The highest BCUT2D eigenvalue weighted by atomic mass is 15.1. The molecule has 0 aromatic heterocycles. The highest BCUT2D eigenvalue weighted by Crippen LogP contribution is 2.13. The van der Waals surface area contributed by atoms with Crippen LogP contribution in [0.5, 0.6) is 0 Å². The average Bonchev–Trinajstić information content (AvgIpc) is 2.33. The molecule has 1 saturated heterocycles. The number of piperidine rings is 1.